The van der Waals surface area contributed by atoms with Crippen LogP contribution in [0.15, 0.2) is 22.8 Å². The summed E-state index contributed by atoms with van der Waals surface area (Å²) in [5.74, 6) is 0.946. The second-order valence-corrected chi connectivity index (χ2v) is 4.88. The largest absolute Gasteiger partial charge is 0.468 e. The molecule has 0 unspecified atom stereocenters. The van der Waals surface area contributed by atoms with Crippen LogP contribution in [-0.4, -0.2) is 46.2 Å². The highest BCUT2D eigenvalue weighted by molar-refractivity contribution is 5.02. The average molecular weight is 299 g/mol. The van der Waals surface area contributed by atoms with E-state index in [0.29, 0.717) is 33.0 Å². The molecule has 0 aliphatic carbocycles. The quantitative estimate of drug-likeness (QED) is 0.535. The van der Waals surface area contributed by atoms with E-state index in [-0.39, 0.29) is 6.04 Å². The van der Waals surface area contributed by atoms with Gasteiger partial charge in [-0.05, 0) is 25.5 Å². The number of nitrogens with one attached hydrogen (secondary N) is 1. The second kappa shape index (κ2) is 12.8. The maximum Gasteiger partial charge on any atom is 0.120 e. The summed E-state index contributed by atoms with van der Waals surface area (Å²) in [7, 11) is 0. The lowest BCUT2D eigenvalue weighted by Crippen LogP contribution is -2.23. The van der Waals surface area contributed by atoms with Crippen LogP contribution < -0.4 is 5.32 Å². The van der Waals surface area contributed by atoms with E-state index in [9.17, 15) is 0 Å². The molecular weight excluding hydrogens is 270 g/mol. The first kappa shape index (κ1) is 18.2. The number of hydrogen-bond donors (Lipinski definition) is 1. The van der Waals surface area contributed by atoms with E-state index in [1.807, 2.05) is 12.1 Å². The van der Waals surface area contributed by atoms with Crippen molar-refractivity contribution in [2.45, 2.75) is 32.7 Å². The first-order valence-corrected chi connectivity index (χ1v) is 7.84. The van der Waals surface area contributed by atoms with Gasteiger partial charge in [0.2, 0.25) is 0 Å². The highest BCUT2D eigenvalue weighted by Crippen LogP contribution is 2.11. The monoisotopic (exact) mass is 299 g/mol. The van der Waals surface area contributed by atoms with Crippen LogP contribution in [-0.2, 0) is 14.2 Å². The van der Waals surface area contributed by atoms with Crippen molar-refractivity contribution < 1.29 is 18.6 Å². The lowest BCUT2D eigenvalue weighted by Gasteiger charge is -2.11. The van der Waals surface area contributed by atoms with E-state index in [1.54, 1.807) is 6.26 Å². The van der Waals surface area contributed by atoms with Gasteiger partial charge in [-0.15, -0.1) is 0 Å². The van der Waals surface area contributed by atoms with Crippen LogP contribution >= 0.6 is 0 Å². The SMILES string of the molecule is CCCCOCCOCCOCCN[C@H](C)c1ccco1. The number of rotatable bonds is 14. The molecule has 0 radical (unpaired) electrons. The molecule has 5 heteroatoms. The molecule has 0 aliphatic rings. The van der Waals surface area contributed by atoms with Gasteiger partial charge < -0.3 is 23.9 Å². The lowest BCUT2D eigenvalue weighted by molar-refractivity contribution is 0.0144. The molecule has 1 aromatic heterocycles. The fourth-order valence-corrected chi connectivity index (χ4v) is 1.77. The molecule has 0 fully saturated rings. The molecule has 0 aliphatic heterocycles. The molecular formula is C16H29NO4. The van der Waals surface area contributed by atoms with Gasteiger partial charge in [-0.25, -0.2) is 0 Å². The predicted molar refractivity (Wildman–Crippen MR) is 82.5 cm³/mol. The van der Waals surface area contributed by atoms with Crippen molar-refractivity contribution in [2.24, 2.45) is 0 Å². The maximum atomic E-state index is 5.49. The Morgan fingerprint density at radius 1 is 1.05 bits per heavy atom. The Bertz CT molecular complexity index is 316. The van der Waals surface area contributed by atoms with Crippen molar-refractivity contribution in [3.8, 4) is 0 Å². The van der Waals surface area contributed by atoms with E-state index in [2.05, 4.69) is 19.2 Å². The van der Waals surface area contributed by atoms with Crippen LogP contribution in [0.4, 0.5) is 0 Å². The topological polar surface area (TPSA) is 52.9 Å². The van der Waals surface area contributed by atoms with Crippen molar-refractivity contribution >= 4 is 0 Å². The Morgan fingerprint density at radius 2 is 1.71 bits per heavy atom. The third kappa shape index (κ3) is 9.63. The fourth-order valence-electron chi connectivity index (χ4n) is 1.77. The lowest BCUT2D eigenvalue weighted by atomic mass is 10.2. The summed E-state index contributed by atoms with van der Waals surface area (Å²) in [6.45, 7) is 9.06. The van der Waals surface area contributed by atoms with Gasteiger partial charge in [-0.2, -0.15) is 0 Å². The Hall–Kier alpha value is -0.880. The van der Waals surface area contributed by atoms with Crippen molar-refractivity contribution in [1.29, 1.82) is 0 Å². The normalized spacial score (nSPS) is 12.7. The molecule has 1 atom stereocenters. The van der Waals surface area contributed by atoms with Crippen LogP contribution in [0.25, 0.3) is 0 Å². The standard InChI is InChI=1S/C16H29NO4/c1-3-4-8-18-11-13-20-14-12-19-10-7-17-15(2)16-6-5-9-21-16/h5-6,9,15,17H,3-4,7-8,10-14H2,1-2H3/t15-/m1/s1. The summed E-state index contributed by atoms with van der Waals surface area (Å²) in [5.41, 5.74) is 0. The van der Waals surface area contributed by atoms with Gasteiger partial charge in [-0.1, -0.05) is 13.3 Å². The Balaban J connectivity index is 1.78. The van der Waals surface area contributed by atoms with Crippen LogP contribution in [0.2, 0.25) is 0 Å². The maximum absolute atomic E-state index is 5.49. The average Bonchev–Trinajstić information content (AvgIpc) is 3.02. The van der Waals surface area contributed by atoms with E-state index >= 15 is 0 Å². The van der Waals surface area contributed by atoms with Gasteiger partial charge in [-0.3, -0.25) is 0 Å². The molecule has 0 bridgehead atoms. The molecule has 5 nitrogen and oxygen atoms in total. The summed E-state index contributed by atoms with van der Waals surface area (Å²) in [5, 5.41) is 3.34. The highest BCUT2D eigenvalue weighted by atomic mass is 16.5. The summed E-state index contributed by atoms with van der Waals surface area (Å²) in [6, 6.07) is 4.07. The van der Waals surface area contributed by atoms with Gasteiger partial charge in [0.1, 0.15) is 5.76 Å². The number of ether oxygens (including phenoxy) is 3. The predicted octanol–water partition coefficient (Wildman–Crippen LogP) is 2.78. The summed E-state index contributed by atoms with van der Waals surface area (Å²) >= 11 is 0. The van der Waals surface area contributed by atoms with E-state index in [1.165, 1.54) is 6.42 Å². The minimum atomic E-state index is 0.208. The van der Waals surface area contributed by atoms with Crippen molar-refractivity contribution in [1.82, 2.24) is 5.32 Å². The molecule has 0 aromatic carbocycles. The van der Waals surface area contributed by atoms with Gasteiger partial charge in [0, 0.05) is 13.2 Å². The molecule has 122 valence electrons. The van der Waals surface area contributed by atoms with Gasteiger partial charge >= 0.3 is 0 Å². The molecule has 1 rings (SSSR count). The smallest absolute Gasteiger partial charge is 0.120 e. The summed E-state index contributed by atoms with van der Waals surface area (Å²) in [6.07, 6.45) is 3.97. The molecule has 21 heavy (non-hydrogen) atoms. The van der Waals surface area contributed by atoms with E-state index < -0.39 is 0 Å². The van der Waals surface area contributed by atoms with Crippen LogP contribution in [0.3, 0.4) is 0 Å². The van der Waals surface area contributed by atoms with Crippen LogP contribution in [0.5, 0.6) is 0 Å². The molecule has 1 heterocycles. The minimum absolute atomic E-state index is 0.208. The first-order valence-electron chi connectivity index (χ1n) is 7.84. The Kier molecular flexibility index (Phi) is 11.1. The van der Waals surface area contributed by atoms with Crippen molar-refractivity contribution in [3.63, 3.8) is 0 Å². The fraction of sp³-hybridized carbons (Fsp3) is 0.750. The zero-order valence-corrected chi connectivity index (χ0v) is 13.3. The van der Waals surface area contributed by atoms with Crippen LogP contribution in [0.1, 0.15) is 38.5 Å². The van der Waals surface area contributed by atoms with Crippen LogP contribution in [0, 0.1) is 0 Å². The number of furan rings is 1. The molecule has 1 aromatic rings. The molecule has 0 saturated carbocycles. The Morgan fingerprint density at radius 3 is 2.33 bits per heavy atom. The van der Waals surface area contributed by atoms with Crippen molar-refractivity contribution in [2.75, 3.05) is 46.2 Å². The molecule has 0 saturated heterocycles. The summed E-state index contributed by atoms with van der Waals surface area (Å²) in [4.78, 5) is 0. The first-order chi connectivity index (χ1) is 10.3. The third-order valence-electron chi connectivity index (χ3n) is 3.05. The van der Waals surface area contributed by atoms with E-state index in [4.69, 9.17) is 18.6 Å². The van der Waals surface area contributed by atoms with Gasteiger partial charge in [0.05, 0.1) is 45.3 Å². The molecule has 1 N–H and O–H groups in total. The summed E-state index contributed by atoms with van der Waals surface area (Å²) < 4.78 is 21.6. The van der Waals surface area contributed by atoms with Gasteiger partial charge in [0.15, 0.2) is 0 Å². The Labute approximate surface area is 127 Å². The zero-order valence-electron chi connectivity index (χ0n) is 13.3. The number of unbranched alkanes of at least 4 members (excludes halogenated alkanes) is 1. The molecule has 0 spiro atoms. The minimum Gasteiger partial charge on any atom is -0.468 e. The van der Waals surface area contributed by atoms with Crippen molar-refractivity contribution in [3.05, 3.63) is 24.2 Å². The number of hydrogen-bond acceptors (Lipinski definition) is 5. The zero-order chi connectivity index (χ0) is 15.2. The van der Waals surface area contributed by atoms with Gasteiger partial charge in [0.25, 0.3) is 0 Å². The molecule has 0 amide bonds. The third-order valence-corrected chi connectivity index (χ3v) is 3.05. The second-order valence-electron chi connectivity index (χ2n) is 4.88. The highest BCUT2D eigenvalue weighted by Gasteiger charge is 2.05. The van der Waals surface area contributed by atoms with E-state index in [0.717, 1.165) is 25.3 Å².